The van der Waals surface area contributed by atoms with Gasteiger partial charge in [-0.1, -0.05) is 39.1 Å². The molecule has 0 atom stereocenters. The molecule has 0 spiro atoms. The van der Waals surface area contributed by atoms with Crippen LogP contribution in [0.25, 0.3) is 0 Å². The summed E-state index contributed by atoms with van der Waals surface area (Å²) in [6, 6.07) is 9.00. The van der Waals surface area contributed by atoms with E-state index in [1.165, 1.54) is 0 Å². The lowest BCUT2D eigenvalue weighted by Gasteiger charge is -2.08. The number of rotatable bonds is 4. The summed E-state index contributed by atoms with van der Waals surface area (Å²) in [6.07, 6.45) is 0. The van der Waals surface area contributed by atoms with Gasteiger partial charge in [0, 0.05) is 10.2 Å². The topological polar surface area (TPSA) is 58.2 Å². The van der Waals surface area contributed by atoms with Crippen LogP contribution in [0.1, 0.15) is 10.4 Å². The minimum absolute atomic E-state index is 0.00205. The smallest absolute Gasteiger partial charge is 0.253 e. The molecule has 0 fully saturated rings. The molecule has 2 rings (SSSR count). The Balaban J connectivity index is 1.95. The monoisotopic (exact) mass is 418 g/mol. The first-order chi connectivity index (χ1) is 10.9. The van der Waals surface area contributed by atoms with Gasteiger partial charge in [-0.3, -0.25) is 9.59 Å². The van der Waals surface area contributed by atoms with E-state index in [9.17, 15) is 14.0 Å². The van der Waals surface area contributed by atoms with E-state index < -0.39 is 17.6 Å². The number of carbonyl (C=O) groups is 2. The van der Waals surface area contributed by atoms with E-state index in [-0.39, 0.29) is 22.2 Å². The quantitative estimate of drug-likeness (QED) is 0.727. The molecule has 0 aliphatic heterocycles. The number of hydrogen-bond donors (Lipinski definition) is 2. The highest BCUT2D eigenvalue weighted by Crippen LogP contribution is 2.24. The summed E-state index contributed by atoms with van der Waals surface area (Å²) in [5.41, 5.74) is 0.494. The molecule has 0 saturated carbocycles. The predicted octanol–water partition coefficient (Wildman–Crippen LogP) is 4.26. The number of amides is 2. The molecule has 0 aromatic heterocycles. The third kappa shape index (κ3) is 4.92. The second-order valence-electron chi connectivity index (χ2n) is 4.48. The van der Waals surface area contributed by atoms with E-state index in [2.05, 4.69) is 26.6 Å². The van der Waals surface area contributed by atoms with Crippen molar-refractivity contribution >= 4 is 56.6 Å². The Hall–Kier alpha value is -1.63. The van der Waals surface area contributed by atoms with E-state index in [1.54, 1.807) is 24.3 Å². The van der Waals surface area contributed by atoms with Crippen LogP contribution in [0.2, 0.25) is 10.0 Å². The largest absolute Gasteiger partial charge is 0.343 e. The summed E-state index contributed by atoms with van der Waals surface area (Å²) in [4.78, 5) is 23.7. The summed E-state index contributed by atoms with van der Waals surface area (Å²) >= 11 is 14.7. The van der Waals surface area contributed by atoms with Gasteiger partial charge in [-0.15, -0.1) is 0 Å². The third-order valence-electron chi connectivity index (χ3n) is 2.79. The van der Waals surface area contributed by atoms with Crippen molar-refractivity contribution in [1.82, 2.24) is 5.32 Å². The van der Waals surface area contributed by atoms with Crippen LogP contribution in [0, 0.1) is 5.82 Å². The second kappa shape index (κ2) is 7.77. The van der Waals surface area contributed by atoms with Crippen molar-refractivity contribution in [1.29, 1.82) is 0 Å². The van der Waals surface area contributed by atoms with Crippen molar-refractivity contribution in [3.05, 3.63) is 62.3 Å². The van der Waals surface area contributed by atoms with Crippen LogP contribution in [0.15, 0.2) is 40.9 Å². The van der Waals surface area contributed by atoms with Crippen LogP contribution < -0.4 is 10.6 Å². The van der Waals surface area contributed by atoms with Crippen molar-refractivity contribution in [3.63, 3.8) is 0 Å². The number of halogens is 4. The minimum Gasteiger partial charge on any atom is -0.343 e. The van der Waals surface area contributed by atoms with Crippen LogP contribution in [-0.2, 0) is 4.79 Å². The number of anilines is 1. The zero-order valence-corrected chi connectivity index (χ0v) is 14.6. The van der Waals surface area contributed by atoms with Gasteiger partial charge >= 0.3 is 0 Å². The first-order valence-electron chi connectivity index (χ1n) is 6.35. The Labute approximate surface area is 150 Å². The highest BCUT2D eigenvalue weighted by atomic mass is 79.9. The molecule has 4 nitrogen and oxygen atoms in total. The maximum absolute atomic E-state index is 13.4. The number of benzene rings is 2. The predicted molar refractivity (Wildman–Crippen MR) is 91.5 cm³/mol. The van der Waals surface area contributed by atoms with Gasteiger partial charge in [0.15, 0.2) is 0 Å². The maximum atomic E-state index is 13.4. The standard InChI is InChI=1S/C15H10BrCl2FN2O2/c16-8-1-3-9(4-2-8)21-14(22)7-20-15(23)10-5-13(19)12(18)6-11(10)17/h1-6H,7H2,(H,20,23)(H,21,22). The third-order valence-corrected chi connectivity index (χ3v) is 3.92. The van der Waals surface area contributed by atoms with Crippen LogP contribution in [0.4, 0.5) is 10.1 Å². The molecule has 0 bridgehead atoms. The number of carbonyl (C=O) groups excluding carboxylic acids is 2. The second-order valence-corrected chi connectivity index (χ2v) is 6.21. The van der Waals surface area contributed by atoms with E-state index in [0.29, 0.717) is 5.69 Å². The molecule has 0 heterocycles. The maximum Gasteiger partial charge on any atom is 0.253 e. The molecule has 2 aromatic carbocycles. The summed E-state index contributed by atoms with van der Waals surface area (Å²) in [6.45, 7) is -0.282. The van der Waals surface area contributed by atoms with Crippen molar-refractivity contribution in [2.24, 2.45) is 0 Å². The fourth-order valence-corrected chi connectivity index (χ4v) is 2.42. The normalized spacial score (nSPS) is 10.3. The average molecular weight is 420 g/mol. The summed E-state index contributed by atoms with van der Waals surface area (Å²) in [7, 11) is 0. The lowest BCUT2D eigenvalue weighted by Crippen LogP contribution is -2.33. The van der Waals surface area contributed by atoms with Crippen LogP contribution >= 0.6 is 39.1 Å². The Morgan fingerprint density at radius 2 is 1.74 bits per heavy atom. The lowest BCUT2D eigenvalue weighted by molar-refractivity contribution is -0.115. The van der Waals surface area contributed by atoms with E-state index >= 15 is 0 Å². The van der Waals surface area contributed by atoms with E-state index in [4.69, 9.17) is 23.2 Å². The molecule has 0 aliphatic rings. The van der Waals surface area contributed by atoms with E-state index in [0.717, 1.165) is 16.6 Å². The highest BCUT2D eigenvalue weighted by Gasteiger charge is 2.15. The Kier molecular flexibility index (Phi) is 5.98. The zero-order valence-electron chi connectivity index (χ0n) is 11.5. The molecule has 0 radical (unpaired) electrons. The molecule has 2 amide bonds. The van der Waals surface area contributed by atoms with Crippen molar-refractivity contribution in [2.75, 3.05) is 11.9 Å². The number of hydrogen-bond acceptors (Lipinski definition) is 2. The van der Waals surface area contributed by atoms with Crippen molar-refractivity contribution in [3.8, 4) is 0 Å². The highest BCUT2D eigenvalue weighted by molar-refractivity contribution is 9.10. The SMILES string of the molecule is O=C(CNC(=O)c1cc(F)c(Cl)cc1Cl)Nc1ccc(Br)cc1. The molecule has 23 heavy (non-hydrogen) atoms. The van der Waals surface area contributed by atoms with Crippen LogP contribution in [0.5, 0.6) is 0 Å². The average Bonchev–Trinajstić information content (AvgIpc) is 2.51. The van der Waals surface area contributed by atoms with Gasteiger partial charge in [-0.05, 0) is 36.4 Å². The minimum atomic E-state index is -0.763. The summed E-state index contributed by atoms with van der Waals surface area (Å²) in [5, 5.41) is 4.79. The lowest BCUT2D eigenvalue weighted by atomic mass is 10.2. The van der Waals surface area contributed by atoms with Gasteiger partial charge in [-0.2, -0.15) is 0 Å². The molecule has 2 aromatic rings. The molecule has 0 unspecified atom stereocenters. The van der Waals surface area contributed by atoms with E-state index in [1.807, 2.05) is 0 Å². The summed E-state index contributed by atoms with van der Waals surface area (Å²) < 4.78 is 14.3. The van der Waals surface area contributed by atoms with Gasteiger partial charge in [0.05, 0.1) is 22.2 Å². The molecule has 0 aliphatic carbocycles. The fourth-order valence-electron chi connectivity index (χ4n) is 1.69. The van der Waals surface area contributed by atoms with Gasteiger partial charge in [-0.25, -0.2) is 4.39 Å². The molecule has 120 valence electrons. The fraction of sp³-hybridized carbons (Fsp3) is 0.0667. The van der Waals surface area contributed by atoms with Crippen LogP contribution in [0.3, 0.4) is 0 Å². The first kappa shape index (κ1) is 17.7. The molecular weight excluding hydrogens is 410 g/mol. The molecule has 8 heteroatoms. The van der Waals surface area contributed by atoms with Gasteiger partial charge in [0.2, 0.25) is 5.91 Å². The van der Waals surface area contributed by atoms with Crippen molar-refractivity contribution < 1.29 is 14.0 Å². The van der Waals surface area contributed by atoms with Crippen LogP contribution in [-0.4, -0.2) is 18.4 Å². The zero-order chi connectivity index (χ0) is 17.0. The first-order valence-corrected chi connectivity index (χ1v) is 7.90. The Morgan fingerprint density at radius 1 is 1.09 bits per heavy atom. The Morgan fingerprint density at radius 3 is 2.39 bits per heavy atom. The molecular formula is C15H10BrCl2FN2O2. The van der Waals surface area contributed by atoms with Gasteiger partial charge < -0.3 is 10.6 Å². The summed E-state index contributed by atoms with van der Waals surface area (Å²) in [5.74, 6) is -1.86. The van der Waals surface area contributed by atoms with Crippen molar-refractivity contribution in [2.45, 2.75) is 0 Å². The van der Waals surface area contributed by atoms with Gasteiger partial charge in [0.1, 0.15) is 5.82 Å². The molecule has 0 saturated heterocycles. The van der Waals surface area contributed by atoms with Gasteiger partial charge in [0.25, 0.3) is 5.91 Å². The number of nitrogens with one attached hydrogen (secondary N) is 2. The molecule has 2 N–H and O–H groups in total. The Bertz CT molecular complexity index is 754.